The number of rotatable bonds is 5. The largest absolute Gasteiger partial charge is 0.493 e. The lowest BCUT2D eigenvalue weighted by Gasteiger charge is -2.21. The number of methoxy groups -OCH3 is 2. The third kappa shape index (κ3) is 3.50. The standard InChI is InChI=1S/C18H19FN2O4S/c1-24-17-9-6-13(10-18(17)25-2)15-11-16(21(20-15)26(3,22)23)12-4-7-14(19)8-5-12/h4-10,16H,11H2,1-3H3/t16-/m0/s1. The first-order chi connectivity index (χ1) is 12.3. The highest BCUT2D eigenvalue weighted by atomic mass is 32.2. The van der Waals surface area contributed by atoms with Crippen LogP contribution in [0.4, 0.5) is 4.39 Å². The van der Waals surface area contributed by atoms with Gasteiger partial charge in [0.2, 0.25) is 10.0 Å². The van der Waals surface area contributed by atoms with Crippen LogP contribution < -0.4 is 9.47 Å². The van der Waals surface area contributed by atoms with Gasteiger partial charge in [-0.2, -0.15) is 9.52 Å². The summed E-state index contributed by atoms with van der Waals surface area (Å²) in [6.07, 6.45) is 1.47. The van der Waals surface area contributed by atoms with Crippen molar-refractivity contribution in [1.29, 1.82) is 0 Å². The predicted molar refractivity (Wildman–Crippen MR) is 96.5 cm³/mol. The fourth-order valence-corrected chi connectivity index (χ4v) is 3.82. The van der Waals surface area contributed by atoms with Gasteiger partial charge < -0.3 is 9.47 Å². The monoisotopic (exact) mass is 378 g/mol. The molecule has 0 aromatic heterocycles. The van der Waals surface area contributed by atoms with Crippen molar-refractivity contribution in [2.75, 3.05) is 20.5 Å². The number of halogens is 1. The summed E-state index contributed by atoms with van der Waals surface area (Å²) >= 11 is 0. The van der Waals surface area contributed by atoms with E-state index in [4.69, 9.17) is 9.47 Å². The first-order valence-electron chi connectivity index (χ1n) is 7.88. The molecule has 0 radical (unpaired) electrons. The molecule has 3 rings (SSSR count). The maximum atomic E-state index is 13.2. The normalized spacial score (nSPS) is 17.2. The summed E-state index contributed by atoms with van der Waals surface area (Å²) < 4.78 is 49.2. The van der Waals surface area contributed by atoms with Crippen LogP contribution in [0.5, 0.6) is 11.5 Å². The van der Waals surface area contributed by atoms with Crippen molar-refractivity contribution in [3.8, 4) is 11.5 Å². The number of hydrazone groups is 1. The van der Waals surface area contributed by atoms with Crippen LogP contribution in [-0.4, -0.2) is 39.0 Å². The van der Waals surface area contributed by atoms with E-state index < -0.39 is 16.1 Å². The molecule has 0 N–H and O–H groups in total. The van der Waals surface area contributed by atoms with Gasteiger partial charge in [-0.05, 0) is 35.9 Å². The van der Waals surface area contributed by atoms with E-state index in [9.17, 15) is 12.8 Å². The smallest absolute Gasteiger partial charge is 0.247 e. The molecule has 0 fully saturated rings. The Morgan fingerprint density at radius 3 is 2.31 bits per heavy atom. The summed E-state index contributed by atoms with van der Waals surface area (Å²) in [5, 5.41) is 4.31. The van der Waals surface area contributed by atoms with Gasteiger partial charge in [0.1, 0.15) is 5.82 Å². The Morgan fingerprint density at radius 2 is 1.73 bits per heavy atom. The van der Waals surface area contributed by atoms with E-state index in [1.165, 1.54) is 19.2 Å². The molecule has 0 saturated carbocycles. The van der Waals surface area contributed by atoms with Gasteiger partial charge in [-0.1, -0.05) is 12.1 Å². The summed E-state index contributed by atoms with van der Waals surface area (Å²) in [6, 6.07) is 10.5. The maximum absolute atomic E-state index is 13.2. The summed E-state index contributed by atoms with van der Waals surface area (Å²) in [5.41, 5.74) is 2.02. The lowest BCUT2D eigenvalue weighted by Crippen LogP contribution is -2.25. The Bertz CT molecular complexity index is 942. The first kappa shape index (κ1) is 18.2. The highest BCUT2D eigenvalue weighted by Gasteiger charge is 2.34. The van der Waals surface area contributed by atoms with Crippen LogP contribution in [0.2, 0.25) is 0 Å². The third-order valence-corrected chi connectivity index (χ3v) is 5.20. The molecule has 8 heteroatoms. The fourth-order valence-electron chi connectivity index (χ4n) is 2.92. The van der Waals surface area contributed by atoms with Gasteiger partial charge in [-0.15, -0.1) is 0 Å². The van der Waals surface area contributed by atoms with Crippen molar-refractivity contribution in [3.63, 3.8) is 0 Å². The zero-order valence-electron chi connectivity index (χ0n) is 14.6. The molecular weight excluding hydrogens is 359 g/mol. The van der Waals surface area contributed by atoms with Gasteiger partial charge >= 0.3 is 0 Å². The molecule has 0 bridgehead atoms. The quantitative estimate of drug-likeness (QED) is 0.802. The lowest BCUT2D eigenvalue weighted by atomic mass is 9.99. The molecule has 0 amide bonds. The molecular formula is C18H19FN2O4S. The van der Waals surface area contributed by atoms with E-state index in [1.54, 1.807) is 37.4 Å². The number of ether oxygens (including phenoxy) is 2. The second-order valence-electron chi connectivity index (χ2n) is 5.92. The van der Waals surface area contributed by atoms with E-state index in [0.717, 1.165) is 16.2 Å². The third-order valence-electron chi connectivity index (χ3n) is 4.18. The molecule has 0 saturated heterocycles. The second kappa shape index (κ2) is 6.95. The van der Waals surface area contributed by atoms with Gasteiger partial charge in [0, 0.05) is 12.0 Å². The zero-order valence-corrected chi connectivity index (χ0v) is 15.5. The van der Waals surface area contributed by atoms with E-state index in [0.29, 0.717) is 29.2 Å². The van der Waals surface area contributed by atoms with Crippen LogP contribution in [0.25, 0.3) is 0 Å². The summed E-state index contributed by atoms with van der Waals surface area (Å²) in [4.78, 5) is 0. The number of sulfonamides is 1. The van der Waals surface area contributed by atoms with Crippen LogP contribution >= 0.6 is 0 Å². The SMILES string of the molecule is COc1ccc(C2=NN(S(C)(=O)=O)[C@H](c3ccc(F)cc3)C2)cc1OC. The number of hydrogen-bond donors (Lipinski definition) is 0. The van der Waals surface area contributed by atoms with Crippen molar-refractivity contribution >= 4 is 15.7 Å². The maximum Gasteiger partial charge on any atom is 0.247 e. The molecule has 0 unspecified atom stereocenters. The Hall–Kier alpha value is -2.61. The fraction of sp³-hybridized carbons (Fsp3) is 0.278. The number of hydrogen-bond acceptors (Lipinski definition) is 5. The van der Waals surface area contributed by atoms with Gasteiger partial charge in [-0.3, -0.25) is 0 Å². The van der Waals surface area contributed by atoms with Crippen LogP contribution in [0.15, 0.2) is 47.6 Å². The van der Waals surface area contributed by atoms with Gasteiger partial charge in [-0.25, -0.2) is 12.8 Å². The van der Waals surface area contributed by atoms with E-state index >= 15 is 0 Å². The number of benzene rings is 2. The summed E-state index contributed by atoms with van der Waals surface area (Å²) in [5.74, 6) is 0.729. The van der Waals surface area contributed by atoms with Crippen LogP contribution in [0.1, 0.15) is 23.6 Å². The molecule has 0 aliphatic carbocycles. The number of nitrogens with zero attached hydrogens (tertiary/aromatic N) is 2. The molecule has 1 aliphatic heterocycles. The highest BCUT2D eigenvalue weighted by molar-refractivity contribution is 7.88. The highest BCUT2D eigenvalue weighted by Crippen LogP contribution is 2.36. The van der Waals surface area contributed by atoms with Gasteiger partial charge in [0.15, 0.2) is 11.5 Å². The van der Waals surface area contributed by atoms with E-state index in [1.807, 2.05) is 0 Å². The molecule has 0 spiro atoms. The Kier molecular flexibility index (Phi) is 4.86. The summed E-state index contributed by atoms with van der Waals surface area (Å²) in [7, 11) is -0.511. The first-order valence-corrected chi connectivity index (χ1v) is 9.73. The van der Waals surface area contributed by atoms with Crippen molar-refractivity contribution in [3.05, 3.63) is 59.4 Å². The average molecular weight is 378 g/mol. The topological polar surface area (TPSA) is 68.2 Å². The Balaban J connectivity index is 2.00. The second-order valence-corrected chi connectivity index (χ2v) is 7.76. The lowest BCUT2D eigenvalue weighted by molar-refractivity contribution is 0.355. The molecule has 1 atom stereocenters. The van der Waals surface area contributed by atoms with E-state index in [2.05, 4.69) is 5.10 Å². The van der Waals surface area contributed by atoms with E-state index in [-0.39, 0.29) is 5.82 Å². The zero-order chi connectivity index (χ0) is 18.9. The molecule has 26 heavy (non-hydrogen) atoms. The minimum atomic E-state index is -3.58. The van der Waals surface area contributed by atoms with Crippen molar-refractivity contribution < 1.29 is 22.3 Å². The minimum absolute atomic E-state index is 0.369. The summed E-state index contributed by atoms with van der Waals surface area (Å²) in [6.45, 7) is 0. The average Bonchev–Trinajstić information content (AvgIpc) is 3.07. The molecule has 138 valence electrons. The molecule has 2 aromatic rings. The minimum Gasteiger partial charge on any atom is -0.493 e. The molecule has 6 nitrogen and oxygen atoms in total. The molecule has 1 heterocycles. The van der Waals surface area contributed by atoms with Crippen molar-refractivity contribution in [1.82, 2.24) is 4.41 Å². The molecule has 2 aromatic carbocycles. The Morgan fingerprint density at radius 1 is 1.08 bits per heavy atom. The van der Waals surface area contributed by atoms with Crippen molar-refractivity contribution in [2.24, 2.45) is 5.10 Å². The van der Waals surface area contributed by atoms with Gasteiger partial charge in [0.25, 0.3) is 0 Å². The van der Waals surface area contributed by atoms with Gasteiger partial charge in [0.05, 0.1) is 32.2 Å². The van der Waals surface area contributed by atoms with Crippen LogP contribution in [-0.2, 0) is 10.0 Å². The van der Waals surface area contributed by atoms with Crippen molar-refractivity contribution in [2.45, 2.75) is 12.5 Å². The Labute approximate surface area is 151 Å². The van der Waals surface area contributed by atoms with Crippen LogP contribution in [0.3, 0.4) is 0 Å². The molecule has 1 aliphatic rings. The van der Waals surface area contributed by atoms with Crippen LogP contribution in [0, 0.1) is 5.82 Å². The predicted octanol–water partition coefficient (Wildman–Crippen LogP) is 2.95.